The predicted octanol–water partition coefficient (Wildman–Crippen LogP) is 1.46. The molecule has 0 saturated carbocycles. The number of hydrogen-bond donors (Lipinski definition) is 1. The summed E-state index contributed by atoms with van der Waals surface area (Å²) >= 11 is 0. The fourth-order valence-corrected chi connectivity index (χ4v) is 4.54. The molecule has 3 heterocycles. The summed E-state index contributed by atoms with van der Waals surface area (Å²) in [6, 6.07) is 15.8. The molecule has 2 atom stereocenters. The van der Waals surface area contributed by atoms with Gasteiger partial charge in [-0.1, -0.05) is 30.1 Å². The van der Waals surface area contributed by atoms with Gasteiger partial charge in [0.25, 0.3) is 5.91 Å². The number of rotatable bonds is 5. The molecule has 0 aromatic heterocycles. The summed E-state index contributed by atoms with van der Waals surface area (Å²) in [6.07, 6.45) is 0. The highest BCUT2D eigenvalue weighted by atomic mass is 16.5. The number of imide groups is 1. The number of likely N-dealkylation sites (N-methyl/N-ethyl adjacent to an activating group) is 1. The number of primary amides is 1. The Balaban J connectivity index is 1.46. The van der Waals surface area contributed by atoms with Gasteiger partial charge in [-0.2, -0.15) is 0 Å². The lowest BCUT2D eigenvalue weighted by Crippen LogP contribution is -2.64. The van der Waals surface area contributed by atoms with Crippen LogP contribution in [0, 0.1) is 5.92 Å². The molecule has 10 nitrogen and oxygen atoms in total. The summed E-state index contributed by atoms with van der Waals surface area (Å²) in [5.74, 6) is 1.40. The highest BCUT2D eigenvalue weighted by Gasteiger charge is 2.55. The van der Waals surface area contributed by atoms with Gasteiger partial charge < -0.3 is 10.5 Å². The third kappa shape index (κ3) is 3.66. The molecule has 10 heteroatoms. The van der Waals surface area contributed by atoms with E-state index in [-0.39, 0.29) is 5.92 Å². The van der Waals surface area contributed by atoms with E-state index in [4.69, 9.17) is 15.5 Å². The number of nitrogens with two attached hydrogens (primary N) is 1. The summed E-state index contributed by atoms with van der Waals surface area (Å²) in [5, 5.41) is 0. The van der Waals surface area contributed by atoms with Gasteiger partial charge in [-0.05, 0) is 36.4 Å². The molecule has 0 aliphatic carbocycles. The Morgan fingerprint density at radius 3 is 2.47 bits per heavy atom. The van der Waals surface area contributed by atoms with E-state index in [1.54, 1.807) is 7.05 Å². The van der Waals surface area contributed by atoms with Crippen molar-refractivity contribution < 1.29 is 23.7 Å². The first kappa shape index (κ1) is 21.6. The van der Waals surface area contributed by atoms with Crippen LogP contribution in [0.1, 0.15) is 6.92 Å². The first-order valence-corrected chi connectivity index (χ1v) is 11.0. The van der Waals surface area contributed by atoms with Crippen molar-refractivity contribution in [2.45, 2.75) is 13.0 Å². The lowest BCUT2D eigenvalue weighted by atomic mass is 10.1. The summed E-state index contributed by atoms with van der Waals surface area (Å²) < 4.78 is 7.79. The number of ether oxygens (including phenoxy) is 1. The van der Waals surface area contributed by atoms with E-state index in [2.05, 4.69) is 6.92 Å². The van der Waals surface area contributed by atoms with E-state index in [9.17, 15) is 14.4 Å². The van der Waals surface area contributed by atoms with Crippen molar-refractivity contribution in [1.29, 1.82) is 0 Å². The highest BCUT2D eigenvalue weighted by Crippen LogP contribution is 2.30. The number of carbonyl (C=O) groups is 3. The van der Waals surface area contributed by atoms with E-state index < -0.39 is 30.4 Å². The monoisotopic (exact) mass is 461 g/mol. The molecule has 0 bridgehead atoms. The third-order valence-corrected chi connectivity index (χ3v) is 6.07. The zero-order chi connectivity index (χ0) is 24.0. The Morgan fingerprint density at radius 1 is 1.12 bits per heavy atom. The third-order valence-electron chi connectivity index (χ3n) is 6.07. The zero-order valence-corrected chi connectivity index (χ0v) is 18.9. The maximum Gasteiger partial charge on any atom is 0.397 e. The average Bonchev–Trinajstić information content (AvgIpc) is 3.20. The van der Waals surface area contributed by atoms with Crippen molar-refractivity contribution in [3.05, 3.63) is 54.6 Å². The normalized spacial score (nSPS) is 21.9. The fourth-order valence-electron chi connectivity index (χ4n) is 4.54. The van der Waals surface area contributed by atoms with Gasteiger partial charge in [-0.15, -0.1) is 0 Å². The largest absolute Gasteiger partial charge is 0.457 e. The number of para-hydroxylation sites is 1. The fraction of sp³-hybridized carbons (Fsp3) is 0.292. The van der Waals surface area contributed by atoms with Crippen molar-refractivity contribution in [3.8, 4) is 11.5 Å². The minimum Gasteiger partial charge on any atom is -0.457 e. The number of aliphatic imine (C=N–C) groups is 1. The SMILES string of the molecule is CC1CN(c2ccc(Oc3ccccc3)cc2)C2=[N+](C1)C1C(=O)N(CC(N)=O)C(=O)N(C)C1=N2. The molecule has 2 unspecified atom stereocenters. The first-order valence-electron chi connectivity index (χ1n) is 11.0. The van der Waals surface area contributed by atoms with E-state index >= 15 is 0 Å². The smallest absolute Gasteiger partial charge is 0.397 e. The quantitative estimate of drug-likeness (QED) is 0.678. The zero-order valence-electron chi connectivity index (χ0n) is 18.9. The molecule has 3 aliphatic rings. The maximum atomic E-state index is 13.2. The van der Waals surface area contributed by atoms with Crippen LogP contribution in [0.3, 0.4) is 0 Å². The molecule has 0 spiro atoms. The molecule has 4 amide bonds. The van der Waals surface area contributed by atoms with Crippen LogP contribution < -0.4 is 15.4 Å². The number of amides is 4. The minimum absolute atomic E-state index is 0.221. The van der Waals surface area contributed by atoms with E-state index in [0.717, 1.165) is 16.3 Å². The van der Waals surface area contributed by atoms with Crippen LogP contribution in [0.5, 0.6) is 11.5 Å². The summed E-state index contributed by atoms with van der Waals surface area (Å²) in [7, 11) is 1.55. The molecule has 1 fully saturated rings. The van der Waals surface area contributed by atoms with Crippen molar-refractivity contribution >= 4 is 35.3 Å². The Bertz CT molecular complexity index is 1220. The van der Waals surface area contributed by atoms with Crippen LogP contribution in [0.15, 0.2) is 59.6 Å². The molecule has 5 rings (SSSR count). The van der Waals surface area contributed by atoms with Gasteiger partial charge >= 0.3 is 12.0 Å². The molecule has 174 valence electrons. The van der Waals surface area contributed by atoms with Crippen molar-refractivity contribution in [3.63, 3.8) is 0 Å². The van der Waals surface area contributed by atoms with Gasteiger partial charge in [0.05, 0.1) is 13.1 Å². The predicted molar refractivity (Wildman–Crippen MR) is 125 cm³/mol. The van der Waals surface area contributed by atoms with Crippen molar-refractivity contribution in [2.24, 2.45) is 16.6 Å². The molecular weight excluding hydrogens is 436 g/mol. The van der Waals surface area contributed by atoms with Gasteiger partial charge in [0.2, 0.25) is 17.8 Å². The van der Waals surface area contributed by atoms with E-state index in [0.29, 0.717) is 30.6 Å². The Kier molecular flexibility index (Phi) is 5.27. The second-order valence-corrected chi connectivity index (χ2v) is 8.68. The molecule has 0 radical (unpaired) electrons. The molecule has 3 aliphatic heterocycles. The number of carbonyl (C=O) groups excluding carboxylic acids is 3. The van der Waals surface area contributed by atoms with E-state index in [1.807, 2.05) is 64.1 Å². The van der Waals surface area contributed by atoms with Crippen LogP contribution in [0.25, 0.3) is 0 Å². The van der Waals surface area contributed by atoms with Gasteiger partial charge in [-0.3, -0.25) is 19.4 Å². The number of hydrogen-bond acceptors (Lipinski definition) is 6. The van der Waals surface area contributed by atoms with Crippen LogP contribution >= 0.6 is 0 Å². The molecule has 34 heavy (non-hydrogen) atoms. The van der Waals surface area contributed by atoms with Crippen LogP contribution in [0.2, 0.25) is 0 Å². The van der Waals surface area contributed by atoms with Crippen molar-refractivity contribution in [1.82, 2.24) is 9.80 Å². The molecular formula is C24H25N6O4+. The number of urea groups is 1. The van der Waals surface area contributed by atoms with Gasteiger partial charge in [0.15, 0.2) is 0 Å². The number of guanidine groups is 1. The lowest BCUT2D eigenvalue weighted by molar-refractivity contribution is -0.545. The van der Waals surface area contributed by atoms with Crippen molar-refractivity contribution in [2.75, 3.05) is 31.6 Å². The number of amidine groups is 1. The maximum absolute atomic E-state index is 13.2. The minimum atomic E-state index is -0.775. The second kappa shape index (κ2) is 8.29. The molecule has 2 N–H and O–H groups in total. The first-order chi connectivity index (χ1) is 16.3. The number of benzene rings is 2. The molecule has 2 aromatic carbocycles. The summed E-state index contributed by atoms with van der Waals surface area (Å²) in [5.41, 5.74) is 6.17. The number of nitrogens with zero attached hydrogens (tertiary/aromatic N) is 5. The standard InChI is InChI=1S/C24H24N6O4/c1-15-12-28(16-8-10-18(11-9-16)34-17-6-4-3-5-7-17)23-26-21-20(29(23)13-15)22(32)30(14-19(25)31)24(33)27(21)2/h3-11,15,20H,12-14H2,1-2H3,(H-,25,31)/p+1. The van der Waals surface area contributed by atoms with Gasteiger partial charge in [0.1, 0.15) is 23.7 Å². The average molecular weight is 462 g/mol. The number of anilines is 1. The summed E-state index contributed by atoms with van der Waals surface area (Å²) in [4.78, 5) is 46.4. The second-order valence-electron chi connectivity index (χ2n) is 8.68. The number of fused-ring (bicyclic) bond motifs is 2. The Morgan fingerprint density at radius 2 is 1.79 bits per heavy atom. The van der Waals surface area contributed by atoms with Gasteiger partial charge in [-0.25, -0.2) is 14.3 Å². The van der Waals surface area contributed by atoms with Crippen LogP contribution in [-0.4, -0.2) is 76.7 Å². The topological polar surface area (TPSA) is 112 Å². The molecule has 2 aromatic rings. The Labute approximate surface area is 196 Å². The van der Waals surface area contributed by atoms with E-state index in [1.165, 1.54) is 4.90 Å². The summed E-state index contributed by atoms with van der Waals surface area (Å²) in [6.45, 7) is 2.93. The molecule has 1 saturated heterocycles. The van der Waals surface area contributed by atoms with Gasteiger partial charge in [0, 0.05) is 13.0 Å². The van der Waals surface area contributed by atoms with Crippen LogP contribution in [0.4, 0.5) is 10.5 Å². The van der Waals surface area contributed by atoms with Crippen LogP contribution in [-0.2, 0) is 9.59 Å². The highest BCUT2D eigenvalue weighted by molar-refractivity contribution is 6.24. The Hall–Kier alpha value is -4.21. The lowest BCUT2D eigenvalue weighted by Gasteiger charge is -2.34.